The lowest BCUT2D eigenvalue weighted by Crippen LogP contribution is -2.07. The first-order valence-electron chi connectivity index (χ1n) is 21.3. The SMILES string of the molecule is CCCc1ccc(C#Cc2cc(C#Cc3ccc(CCC)cc3)c3ccc4c(C#Cc5ccc(N(C)C)cc5)cc(C#Cc5ccc(CCC)cc5)c5ccc2c3c54)cc1. The van der Waals surface area contributed by atoms with Crippen LogP contribution in [0.2, 0.25) is 0 Å². The summed E-state index contributed by atoms with van der Waals surface area (Å²) in [6.07, 6.45) is 6.57. The predicted octanol–water partition coefficient (Wildman–Crippen LogP) is 13.1. The molecule has 0 N–H and O–H groups in total. The fourth-order valence-corrected chi connectivity index (χ4v) is 7.94. The van der Waals surface area contributed by atoms with Gasteiger partial charge in [-0.05, 0) is 141 Å². The number of rotatable bonds is 7. The Morgan fingerprint density at radius 2 is 0.600 bits per heavy atom. The van der Waals surface area contributed by atoms with E-state index in [0.29, 0.717) is 0 Å². The van der Waals surface area contributed by atoms with Crippen LogP contribution >= 0.6 is 0 Å². The molecule has 0 saturated heterocycles. The third-order valence-corrected chi connectivity index (χ3v) is 11.1. The summed E-state index contributed by atoms with van der Waals surface area (Å²) < 4.78 is 0. The lowest BCUT2D eigenvalue weighted by atomic mass is 9.86. The molecule has 0 radical (unpaired) electrons. The fraction of sp³-hybridized carbons (Fsp3) is 0.186. The van der Waals surface area contributed by atoms with E-state index in [9.17, 15) is 0 Å². The van der Waals surface area contributed by atoms with Crippen LogP contribution in [0.25, 0.3) is 32.3 Å². The van der Waals surface area contributed by atoms with Gasteiger partial charge in [0.2, 0.25) is 0 Å². The summed E-state index contributed by atoms with van der Waals surface area (Å²) in [6.45, 7) is 6.64. The Hall–Kier alpha value is -7.16. The molecule has 1 heteroatoms. The molecule has 0 bridgehead atoms. The molecule has 0 aliphatic heterocycles. The molecule has 8 aromatic rings. The first kappa shape index (κ1) is 39.7. The molecule has 0 spiro atoms. The molecule has 0 atom stereocenters. The molecule has 0 amide bonds. The average molecular weight is 772 g/mol. The monoisotopic (exact) mass is 771 g/mol. The lowest BCUT2D eigenvalue weighted by Gasteiger charge is -2.16. The number of aryl methyl sites for hydroxylation is 3. The molecule has 8 rings (SSSR count). The van der Waals surface area contributed by atoms with Crippen LogP contribution in [0.3, 0.4) is 0 Å². The highest BCUT2D eigenvalue weighted by Gasteiger charge is 2.17. The Bertz CT molecular complexity index is 2970. The quantitative estimate of drug-likeness (QED) is 0.115. The second kappa shape index (κ2) is 18.2. The van der Waals surface area contributed by atoms with Crippen molar-refractivity contribution in [2.75, 3.05) is 19.0 Å². The van der Waals surface area contributed by atoms with Gasteiger partial charge < -0.3 is 4.90 Å². The molecule has 8 aromatic carbocycles. The van der Waals surface area contributed by atoms with Gasteiger partial charge in [0.05, 0.1) is 0 Å². The van der Waals surface area contributed by atoms with Crippen LogP contribution in [0.1, 0.15) is 101 Å². The van der Waals surface area contributed by atoms with Crippen molar-refractivity contribution < 1.29 is 0 Å². The highest BCUT2D eigenvalue weighted by molar-refractivity contribution is 6.26. The van der Waals surface area contributed by atoms with E-state index in [-0.39, 0.29) is 0 Å². The molecule has 0 aromatic heterocycles. The lowest BCUT2D eigenvalue weighted by molar-refractivity contribution is 0.922. The minimum Gasteiger partial charge on any atom is -0.378 e. The molecule has 290 valence electrons. The maximum atomic E-state index is 3.60. The van der Waals surface area contributed by atoms with Gasteiger partial charge >= 0.3 is 0 Å². The van der Waals surface area contributed by atoms with Crippen LogP contribution in [-0.4, -0.2) is 14.1 Å². The Balaban J connectivity index is 1.35. The van der Waals surface area contributed by atoms with Gasteiger partial charge in [-0.2, -0.15) is 0 Å². The van der Waals surface area contributed by atoms with Gasteiger partial charge in [0.25, 0.3) is 0 Å². The number of nitrogens with zero attached hydrogens (tertiary/aromatic N) is 1. The molecule has 60 heavy (non-hydrogen) atoms. The van der Waals surface area contributed by atoms with Crippen LogP contribution in [0.4, 0.5) is 5.69 Å². The molecule has 0 heterocycles. The van der Waals surface area contributed by atoms with E-state index in [4.69, 9.17) is 0 Å². The molecular formula is C59H49N. The van der Waals surface area contributed by atoms with Crippen LogP contribution < -0.4 is 4.90 Å². The second-order valence-electron chi connectivity index (χ2n) is 15.8. The van der Waals surface area contributed by atoms with Gasteiger partial charge in [0.15, 0.2) is 0 Å². The fourth-order valence-electron chi connectivity index (χ4n) is 7.94. The van der Waals surface area contributed by atoms with Gasteiger partial charge in [0, 0.05) is 64.3 Å². The van der Waals surface area contributed by atoms with Gasteiger partial charge in [-0.15, -0.1) is 0 Å². The largest absolute Gasteiger partial charge is 0.378 e. The first-order chi connectivity index (χ1) is 29.4. The molecule has 1 nitrogen and oxygen atoms in total. The van der Waals surface area contributed by atoms with Crippen molar-refractivity contribution >= 4 is 38.0 Å². The highest BCUT2D eigenvalue weighted by Crippen LogP contribution is 2.40. The summed E-state index contributed by atoms with van der Waals surface area (Å²) >= 11 is 0. The zero-order chi connectivity index (χ0) is 41.4. The van der Waals surface area contributed by atoms with Gasteiger partial charge in [-0.25, -0.2) is 0 Å². The third-order valence-electron chi connectivity index (χ3n) is 11.1. The van der Waals surface area contributed by atoms with Crippen molar-refractivity contribution in [3.63, 3.8) is 0 Å². The van der Waals surface area contributed by atoms with Crippen molar-refractivity contribution in [1.29, 1.82) is 0 Å². The van der Waals surface area contributed by atoms with Crippen molar-refractivity contribution in [2.45, 2.75) is 59.3 Å². The standard InChI is InChI=1S/C59H49N/c1-6-9-42-12-18-45(19-13-42)24-30-49-40-50(31-25-46-20-14-43(10-7-2)15-21-46)55-38-39-57-52(33-27-48-28-34-53(35-29-48)60(4)5)41-51(56-37-36-54(49)58(55)59(56)57)32-26-47-22-16-44(11-8-3)17-23-47/h12-23,28-29,34-41H,6-11H2,1-5H3. The average Bonchev–Trinajstić information content (AvgIpc) is 3.28. The Labute approximate surface area is 356 Å². The molecule has 0 fully saturated rings. The minimum absolute atomic E-state index is 0.944. The number of benzene rings is 8. The highest BCUT2D eigenvalue weighted by atomic mass is 15.1. The first-order valence-corrected chi connectivity index (χ1v) is 21.3. The Morgan fingerprint density at radius 3 is 0.850 bits per heavy atom. The zero-order valence-electron chi connectivity index (χ0n) is 35.4. The molecule has 0 aliphatic carbocycles. The Morgan fingerprint density at radius 1 is 0.333 bits per heavy atom. The number of anilines is 1. The summed E-state index contributed by atoms with van der Waals surface area (Å²) in [5.74, 6) is 28.4. The summed E-state index contributed by atoms with van der Waals surface area (Å²) in [4.78, 5) is 2.10. The maximum absolute atomic E-state index is 3.60. The summed E-state index contributed by atoms with van der Waals surface area (Å²) in [5.41, 5.74) is 12.9. The van der Waals surface area contributed by atoms with Gasteiger partial charge in [0.1, 0.15) is 0 Å². The van der Waals surface area contributed by atoms with Gasteiger partial charge in [-0.1, -0.05) is 148 Å². The molecule has 0 unspecified atom stereocenters. The van der Waals surface area contributed by atoms with Crippen LogP contribution in [-0.2, 0) is 19.3 Å². The van der Waals surface area contributed by atoms with E-state index in [0.717, 1.165) is 121 Å². The zero-order valence-corrected chi connectivity index (χ0v) is 35.4. The van der Waals surface area contributed by atoms with E-state index in [1.807, 2.05) is 0 Å². The van der Waals surface area contributed by atoms with E-state index >= 15 is 0 Å². The smallest absolute Gasteiger partial charge is 0.0361 e. The number of hydrogen-bond donors (Lipinski definition) is 0. The topological polar surface area (TPSA) is 3.24 Å². The summed E-state index contributed by atoms with van der Waals surface area (Å²) in [5, 5.41) is 6.67. The molecular weight excluding hydrogens is 723 g/mol. The van der Waals surface area contributed by atoms with Gasteiger partial charge in [-0.3, -0.25) is 0 Å². The van der Waals surface area contributed by atoms with Crippen LogP contribution in [0.15, 0.2) is 133 Å². The van der Waals surface area contributed by atoms with Crippen molar-refractivity contribution in [3.05, 3.63) is 195 Å². The van der Waals surface area contributed by atoms with Crippen molar-refractivity contribution in [3.8, 4) is 47.4 Å². The maximum Gasteiger partial charge on any atom is 0.0361 e. The third kappa shape index (κ3) is 8.79. The van der Waals surface area contributed by atoms with Crippen LogP contribution in [0.5, 0.6) is 0 Å². The number of hydrogen-bond acceptors (Lipinski definition) is 1. The normalized spacial score (nSPS) is 10.6. The van der Waals surface area contributed by atoms with E-state index in [1.165, 1.54) is 16.7 Å². The van der Waals surface area contributed by atoms with Crippen LogP contribution in [0, 0.1) is 47.4 Å². The summed E-state index contributed by atoms with van der Waals surface area (Å²) in [7, 11) is 4.11. The van der Waals surface area contributed by atoms with E-state index < -0.39 is 0 Å². The minimum atomic E-state index is 0.944. The Kier molecular flexibility index (Phi) is 12.0. The molecule has 0 saturated carbocycles. The second-order valence-corrected chi connectivity index (χ2v) is 15.8. The molecule has 0 aliphatic rings. The summed E-state index contributed by atoms with van der Waals surface area (Å²) in [6, 6.07) is 47.6. The van der Waals surface area contributed by atoms with Crippen molar-refractivity contribution in [1.82, 2.24) is 0 Å². The predicted molar refractivity (Wildman–Crippen MR) is 256 cm³/mol. The van der Waals surface area contributed by atoms with E-state index in [1.54, 1.807) is 0 Å². The van der Waals surface area contributed by atoms with Crippen molar-refractivity contribution in [2.24, 2.45) is 0 Å². The van der Waals surface area contributed by atoms with E-state index in [2.05, 4.69) is 221 Å².